The number of benzene rings is 1. The van der Waals surface area contributed by atoms with E-state index in [-0.39, 0.29) is 17.8 Å². The van der Waals surface area contributed by atoms with Gasteiger partial charge >= 0.3 is 0 Å². The summed E-state index contributed by atoms with van der Waals surface area (Å²) in [6, 6.07) is 8.48. The lowest BCUT2D eigenvalue weighted by molar-refractivity contribution is 0.0990. The van der Waals surface area contributed by atoms with E-state index in [0.29, 0.717) is 4.47 Å². The summed E-state index contributed by atoms with van der Waals surface area (Å²) in [7, 11) is 0. The zero-order chi connectivity index (χ0) is 12.4. The van der Waals surface area contributed by atoms with Crippen LogP contribution in [-0.4, -0.2) is 5.78 Å². The highest BCUT2D eigenvalue weighted by Crippen LogP contribution is 2.25. The molecule has 0 N–H and O–H groups in total. The Morgan fingerprint density at radius 2 is 2.00 bits per heavy atom. The van der Waals surface area contributed by atoms with Gasteiger partial charge in [-0.05, 0) is 56.1 Å². The largest absolute Gasteiger partial charge is 0.294 e. The molecule has 0 saturated carbocycles. The van der Waals surface area contributed by atoms with Crippen LogP contribution in [0.15, 0.2) is 38.6 Å². The summed E-state index contributed by atoms with van der Waals surface area (Å²) in [6.07, 6.45) is 0.226. The lowest BCUT2D eigenvalue weighted by atomic mass is 10.1. The molecule has 0 bridgehead atoms. The molecule has 1 aromatic heterocycles. The van der Waals surface area contributed by atoms with Gasteiger partial charge in [-0.2, -0.15) is 0 Å². The molecule has 2 rings (SSSR count). The molecule has 0 unspecified atom stereocenters. The van der Waals surface area contributed by atoms with Crippen molar-refractivity contribution < 1.29 is 9.18 Å². The van der Waals surface area contributed by atoms with Crippen LogP contribution in [0.5, 0.6) is 0 Å². The van der Waals surface area contributed by atoms with E-state index >= 15 is 0 Å². The summed E-state index contributed by atoms with van der Waals surface area (Å²) in [6.45, 7) is 0. The Kier molecular flexibility index (Phi) is 4.12. The number of halogens is 3. The molecule has 0 saturated heterocycles. The van der Waals surface area contributed by atoms with Crippen LogP contribution in [0.25, 0.3) is 0 Å². The van der Waals surface area contributed by atoms with Gasteiger partial charge in [-0.1, -0.05) is 6.07 Å². The smallest absolute Gasteiger partial charge is 0.171 e. The summed E-state index contributed by atoms with van der Waals surface area (Å²) in [5, 5.41) is 0. The van der Waals surface area contributed by atoms with Gasteiger partial charge < -0.3 is 0 Å². The van der Waals surface area contributed by atoms with Gasteiger partial charge in [0.2, 0.25) is 0 Å². The highest BCUT2D eigenvalue weighted by atomic mass is 79.9. The SMILES string of the molecule is O=C(Cc1ccc(Br)s1)c1cccc(Br)c1F. The first-order valence-corrected chi connectivity index (χ1v) is 7.19. The monoisotopic (exact) mass is 376 g/mol. The maximum absolute atomic E-state index is 13.7. The van der Waals surface area contributed by atoms with Crippen LogP contribution >= 0.6 is 43.2 Å². The van der Waals surface area contributed by atoms with Crippen LogP contribution in [0, 0.1) is 5.82 Å². The highest BCUT2D eigenvalue weighted by Gasteiger charge is 2.15. The number of hydrogen-bond acceptors (Lipinski definition) is 2. The van der Waals surface area contributed by atoms with Crippen molar-refractivity contribution >= 4 is 49.0 Å². The molecule has 1 heterocycles. The van der Waals surface area contributed by atoms with Crippen molar-refractivity contribution in [1.82, 2.24) is 0 Å². The average Bonchev–Trinajstić information content (AvgIpc) is 2.68. The van der Waals surface area contributed by atoms with Crippen molar-refractivity contribution in [2.45, 2.75) is 6.42 Å². The number of thiophene rings is 1. The second kappa shape index (κ2) is 5.42. The second-order valence-electron chi connectivity index (χ2n) is 3.41. The molecule has 0 amide bonds. The molecule has 0 atom stereocenters. The molecule has 1 nitrogen and oxygen atoms in total. The molecular formula is C12H7Br2FOS. The Morgan fingerprint density at radius 3 is 2.65 bits per heavy atom. The maximum Gasteiger partial charge on any atom is 0.171 e. The van der Waals surface area contributed by atoms with E-state index in [9.17, 15) is 9.18 Å². The third-order valence-corrected chi connectivity index (χ3v) is 4.45. The number of Topliss-reactive ketones (excluding diaryl/α,β-unsaturated/α-hetero) is 1. The lowest BCUT2D eigenvalue weighted by Crippen LogP contribution is -2.05. The Labute approximate surface area is 119 Å². The van der Waals surface area contributed by atoms with Gasteiger partial charge in [-0.15, -0.1) is 11.3 Å². The minimum Gasteiger partial charge on any atom is -0.294 e. The number of carbonyl (C=O) groups excluding carboxylic acids is 1. The van der Waals surface area contributed by atoms with Crippen molar-refractivity contribution in [2.24, 2.45) is 0 Å². The third kappa shape index (κ3) is 3.03. The fraction of sp³-hybridized carbons (Fsp3) is 0.0833. The first kappa shape index (κ1) is 12.9. The normalized spacial score (nSPS) is 10.5. The van der Waals surface area contributed by atoms with Crippen molar-refractivity contribution in [1.29, 1.82) is 0 Å². The van der Waals surface area contributed by atoms with Gasteiger partial charge in [-0.3, -0.25) is 4.79 Å². The molecule has 88 valence electrons. The van der Waals surface area contributed by atoms with Gasteiger partial charge in [-0.25, -0.2) is 4.39 Å². The van der Waals surface area contributed by atoms with Crippen molar-refractivity contribution in [3.05, 3.63) is 54.8 Å². The first-order valence-electron chi connectivity index (χ1n) is 4.79. The first-order chi connectivity index (χ1) is 8.08. The van der Waals surface area contributed by atoms with E-state index < -0.39 is 5.82 Å². The summed E-state index contributed by atoms with van der Waals surface area (Å²) < 4.78 is 15.0. The zero-order valence-electron chi connectivity index (χ0n) is 8.54. The molecule has 17 heavy (non-hydrogen) atoms. The quantitative estimate of drug-likeness (QED) is 0.699. The van der Waals surface area contributed by atoms with Crippen LogP contribution in [0.4, 0.5) is 4.39 Å². The molecule has 0 fully saturated rings. The Hall–Kier alpha value is -0.520. The Balaban J connectivity index is 2.23. The molecule has 0 aliphatic rings. The highest BCUT2D eigenvalue weighted by molar-refractivity contribution is 9.11. The van der Waals surface area contributed by atoms with E-state index in [0.717, 1.165) is 8.66 Å². The van der Waals surface area contributed by atoms with Crippen LogP contribution in [0.3, 0.4) is 0 Å². The van der Waals surface area contributed by atoms with Crippen LogP contribution in [0.2, 0.25) is 0 Å². The molecule has 0 aliphatic heterocycles. The van der Waals surface area contributed by atoms with Crippen LogP contribution in [0.1, 0.15) is 15.2 Å². The molecule has 5 heteroatoms. The number of hydrogen-bond donors (Lipinski definition) is 0. The summed E-state index contributed by atoms with van der Waals surface area (Å²) in [4.78, 5) is 12.8. The number of rotatable bonds is 3. The number of ketones is 1. The molecule has 1 aromatic carbocycles. The maximum atomic E-state index is 13.7. The topological polar surface area (TPSA) is 17.1 Å². The van der Waals surface area contributed by atoms with Gasteiger partial charge in [0.05, 0.1) is 13.8 Å². The van der Waals surface area contributed by atoms with E-state index in [1.165, 1.54) is 17.4 Å². The second-order valence-corrected chi connectivity index (χ2v) is 6.81. The lowest BCUT2D eigenvalue weighted by Gasteiger charge is -2.02. The van der Waals surface area contributed by atoms with E-state index in [4.69, 9.17) is 0 Å². The van der Waals surface area contributed by atoms with E-state index in [1.54, 1.807) is 12.1 Å². The Bertz CT molecular complexity index is 565. The molecule has 0 radical (unpaired) electrons. The van der Waals surface area contributed by atoms with Crippen LogP contribution < -0.4 is 0 Å². The van der Waals surface area contributed by atoms with Gasteiger partial charge in [0.15, 0.2) is 5.78 Å². The predicted octanol–water partition coefficient (Wildman–Crippen LogP) is 4.84. The average molecular weight is 378 g/mol. The minimum atomic E-state index is -0.492. The van der Waals surface area contributed by atoms with Crippen LogP contribution in [-0.2, 0) is 6.42 Å². The molecule has 0 aliphatic carbocycles. The minimum absolute atomic E-state index is 0.129. The van der Waals surface area contributed by atoms with Gasteiger partial charge in [0, 0.05) is 11.3 Å². The summed E-state index contributed by atoms with van der Waals surface area (Å²) in [5.41, 5.74) is 0.129. The van der Waals surface area contributed by atoms with E-state index in [2.05, 4.69) is 31.9 Å². The summed E-state index contributed by atoms with van der Waals surface area (Å²) in [5.74, 6) is -0.703. The van der Waals surface area contributed by atoms with Gasteiger partial charge in [0.25, 0.3) is 0 Å². The molecule has 0 spiro atoms. The van der Waals surface area contributed by atoms with E-state index in [1.807, 2.05) is 12.1 Å². The van der Waals surface area contributed by atoms with Crippen molar-refractivity contribution in [3.63, 3.8) is 0 Å². The Morgan fingerprint density at radius 1 is 1.24 bits per heavy atom. The third-order valence-electron chi connectivity index (χ3n) is 2.22. The standard InChI is InChI=1S/C12H7Br2FOS/c13-9-3-1-2-8(12(9)15)10(16)6-7-4-5-11(14)17-7/h1-5H,6H2. The molecule has 2 aromatic rings. The molecular weight excluding hydrogens is 371 g/mol. The van der Waals surface area contributed by atoms with Crippen molar-refractivity contribution in [3.8, 4) is 0 Å². The van der Waals surface area contributed by atoms with Crippen molar-refractivity contribution in [2.75, 3.05) is 0 Å². The predicted molar refractivity (Wildman–Crippen MR) is 74.2 cm³/mol. The fourth-order valence-corrected chi connectivity index (χ4v) is 3.27. The zero-order valence-corrected chi connectivity index (χ0v) is 12.5. The summed E-state index contributed by atoms with van der Waals surface area (Å²) >= 11 is 7.88. The fourth-order valence-electron chi connectivity index (χ4n) is 1.42. The van der Waals surface area contributed by atoms with Gasteiger partial charge in [0.1, 0.15) is 5.82 Å². The number of carbonyl (C=O) groups is 1.